The van der Waals surface area contributed by atoms with Gasteiger partial charge in [0.15, 0.2) is 0 Å². The maximum absolute atomic E-state index is 12.0. The molecule has 2 unspecified atom stereocenters. The van der Waals surface area contributed by atoms with E-state index in [4.69, 9.17) is 5.26 Å². The van der Waals surface area contributed by atoms with Crippen LogP contribution in [0.4, 0.5) is 13.2 Å². The SMILES string of the molecule is CC(C#N)C(O)c1cccc(OC(F)(F)F)c1. The van der Waals surface area contributed by atoms with Gasteiger partial charge in [-0.1, -0.05) is 12.1 Å². The van der Waals surface area contributed by atoms with Gasteiger partial charge in [-0.15, -0.1) is 13.2 Å². The van der Waals surface area contributed by atoms with Crippen LogP contribution in [0.2, 0.25) is 0 Å². The van der Waals surface area contributed by atoms with Crippen molar-refractivity contribution in [2.24, 2.45) is 5.92 Å². The summed E-state index contributed by atoms with van der Waals surface area (Å²) in [6.07, 6.45) is -5.92. The number of aliphatic hydroxyl groups is 1. The van der Waals surface area contributed by atoms with E-state index in [1.54, 1.807) is 0 Å². The fourth-order valence-corrected chi connectivity index (χ4v) is 1.25. The third-order valence-corrected chi connectivity index (χ3v) is 2.11. The van der Waals surface area contributed by atoms with Crippen LogP contribution in [-0.2, 0) is 0 Å². The predicted octanol–water partition coefficient (Wildman–Crippen LogP) is 2.78. The summed E-state index contributed by atoms with van der Waals surface area (Å²) in [6, 6.07) is 6.76. The minimum Gasteiger partial charge on any atom is -0.406 e. The van der Waals surface area contributed by atoms with E-state index in [9.17, 15) is 18.3 Å². The van der Waals surface area contributed by atoms with Crippen molar-refractivity contribution in [1.29, 1.82) is 5.26 Å². The second kappa shape index (κ2) is 5.06. The molecular weight excluding hydrogens is 235 g/mol. The fourth-order valence-electron chi connectivity index (χ4n) is 1.25. The first kappa shape index (κ1) is 13.3. The molecule has 6 heteroatoms. The van der Waals surface area contributed by atoms with Crippen molar-refractivity contribution in [3.8, 4) is 11.8 Å². The van der Waals surface area contributed by atoms with E-state index in [0.29, 0.717) is 0 Å². The Morgan fingerprint density at radius 3 is 2.59 bits per heavy atom. The maximum atomic E-state index is 12.0. The zero-order chi connectivity index (χ0) is 13.1. The number of alkyl halides is 3. The number of nitrogens with zero attached hydrogens (tertiary/aromatic N) is 1. The average molecular weight is 245 g/mol. The summed E-state index contributed by atoms with van der Waals surface area (Å²) in [5.41, 5.74) is 0.209. The van der Waals surface area contributed by atoms with E-state index in [2.05, 4.69) is 4.74 Å². The van der Waals surface area contributed by atoms with Crippen LogP contribution in [0, 0.1) is 17.2 Å². The number of ether oxygens (including phenoxy) is 1. The molecule has 0 aliphatic heterocycles. The molecule has 0 aliphatic rings. The number of benzene rings is 1. The largest absolute Gasteiger partial charge is 0.573 e. The Morgan fingerprint density at radius 1 is 1.41 bits per heavy atom. The minimum atomic E-state index is -4.77. The van der Waals surface area contributed by atoms with Crippen molar-refractivity contribution in [3.63, 3.8) is 0 Å². The zero-order valence-electron chi connectivity index (χ0n) is 8.90. The van der Waals surface area contributed by atoms with Crippen LogP contribution in [0.25, 0.3) is 0 Å². The summed E-state index contributed by atoms with van der Waals surface area (Å²) >= 11 is 0. The van der Waals surface area contributed by atoms with Crippen molar-refractivity contribution in [2.45, 2.75) is 19.4 Å². The van der Waals surface area contributed by atoms with E-state index in [1.807, 2.05) is 6.07 Å². The van der Waals surface area contributed by atoms with Gasteiger partial charge in [0.2, 0.25) is 0 Å². The molecule has 0 amide bonds. The molecular formula is C11H10F3NO2. The predicted molar refractivity (Wildman–Crippen MR) is 52.9 cm³/mol. The first-order valence-corrected chi connectivity index (χ1v) is 4.77. The molecule has 0 bridgehead atoms. The number of hydrogen-bond acceptors (Lipinski definition) is 3. The van der Waals surface area contributed by atoms with Crippen LogP contribution < -0.4 is 4.74 Å². The highest BCUT2D eigenvalue weighted by atomic mass is 19.4. The summed E-state index contributed by atoms with van der Waals surface area (Å²) in [6.45, 7) is 1.47. The number of nitriles is 1. The molecule has 1 rings (SSSR count). The van der Waals surface area contributed by atoms with Gasteiger partial charge < -0.3 is 9.84 Å². The van der Waals surface area contributed by atoms with Crippen LogP contribution >= 0.6 is 0 Å². The minimum absolute atomic E-state index is 0.209. The monoisotopic (exact) mass is 245 g/mol. The van der Waals surface area contributed by atoms with Crippen LogP contribution in [0.1, 0.15) is 18.6 Å². The molecule has 0 fully saturated rings. The normalized spacial score (nSPS) is 14.8. The molecule has 92 valence electrons. The molecule has 0 aromatic heterocycles. The molecule has 0 saturated heterocycles. The molecule has 2 atom stereocenters. The number of rotatable bonds is 3. The lowest BCUT2D eigenvalue weighted by Crippen LogP contribution is -2.17. The van der Waals surface area contributed by atoms with E-state index in [-0.39, 0.29) is 5.56 Å². The second-order valence-corrected chi connectivity index (χ2v) is 3.48. The van der Waals surface area contributed by atoms with Gasteiger partial charge in [0, 0.05) is 0 Å². The molecule has 3 nitrogen and oxygen atoms in total. The molecule has 1 aromatic carbocycles. The maximum Gasteiger partial charge on any atom is 0.573 e. The topological polar surface area (TPSA) is 53.2 Å². The molecule has 0 aliphatic carbocycles. The Balaban J connectivity index is 2.90. The van der Waals surface area contributed by atoms with Gasteiger partial charge in [0.05, 0.1) is 18.1 Å². The molecule has 0 saturated carbocycles. The Morgan fingerprint density at radius 2 is 2.06 bits per heavy atom. The zero-order valence-corrected chi connectivity index (χ0v) is 8.90. The summed E-state index contributed by atoms with van der Waals surface area (Å²) in [7, 11) is 0. The van der Waals surface area contributed by atoms with Crippen molar-refractivity contribution in [1.82, 2.24) is 0 Å². The molecule has 0 spiro atoms. The highest BCUT2D eigenvalue weighted by molar-refractivity contribution is 5.30. The van der Waals surface area contributed by atoms with E-state index >= 15 is 0 Å². The van der Waals surface area contributed by atoms with Crippen LogP contribution in [0.15, 0.2) is 24.3 Å². The van der Waals surface area contributed by atoms with Gasteiger partial charge in [-0.25, -0.2) is 0 Å². The van der Waals surface area contributed by atoms with E-state index < -0.39 is 24.1 Å². The van der Waals surface area contributed by atoms with Crippen molar-refractivity contribution in [2.75, 3.05) is 0 Å². The highest BCUT2D eigenvalue weighted by Crippen LogP contribution is 2.28. The summed E-state index contributed by atoms with van der Waals surface area (Å²) in [5, 5.41) is 18.3. The molecule has 0 radical (unpaired) electrons. The van der Waals surface area contributed by atoms with Crippen molar-refractivity contribution in [3.05, 3.63) is 29.8 Å². The fraction of sp³-hybridized carbons (Fsp3) is 0.364. The summed E-state index contributed by atoms with van der Waals surface area (Å²) < 4.78 is 39.6. The Bertz CT molecular complexity index is 425. The Labute approximate surface area is 96.1 Å². The molecule has 1 N–H and O–H groups in total. The third kappa shape index (κ3) is 3.96. The van der Waals surface area contributed by atoms with Gasteiger partial charge in [-0.05, 0) is 24.6 Å². The van der Waals surface area contributed by atoms with Gasteiger partial charge in [-0.3, -0.25) is 0 Å². The second-order valence-electron chi connectivity index (χ2n) is 3.48. The number of halogens is 3. The van der Waals surface area contributed by atoms with Gasteiger partial charge in [0.1, 0.15) is 5.75 Å². The van der Waals surface area contributed by atoms with Gasteiger partial charge in [0.25, 0.3) is 0 Å². The van der Waals surface area contributed by atoms with Gasteiger partial charge >= 0.3 is 6.36 Å². The number of hydrogen-bond donors (Lipinski definition) is 1. The smallest absolute Gasteiger partial charge is 0.406 e. The third-order valence-electron chi connectivity index (χ3n) is 2.11. The summed E-state index contributed by atoms with van der Waals surface area (Å²) in [5.74, 6) is -1.13. The first-order chi connectivity index (χ1) is 7.83. The highest BCUT2D eigenvalue weighted by Gasteiger charge is 2.31. The average Bonchev–Trinajstić information content (AvgIpc) is 2.25. The van der Waals surface area contributed by atoms with E-state index in [1.165, 1.54) is 19.1 Å². The lowest BCUT2D eigenvalue weighted by molar-refractivity contribution is -0.274. The Kier molecular flexibility index (Phi) is 3.97. The van der Waals surface area contributed by atoms with Crippen molar-refractivity contribution < 1.29 is 23.0 Å². The van der Waals surface area contributed by atoms with Crippen LogP contribution in [0.5, 0.6) is 5.75 Å². The molecule has 0 heterocycles. The first-order valence-electron chi connectivity index (χ1n) is 4.77. The molecule has 17 heavy (non-hydrogen) atoms. The lowest BCUT2D eigenvalue weighted by Gasteiger charge is -2.15. The van der Waals surface area contributed by atoms with E-state index in [0.717, 1.165) is 12.1 Å². The standard InChI is InChI=1S/C11H10F3NO2/c1-7(6-15)10(16)8-3-2-4-9(5-8)17-11(12,13)14/h2-5,7,10,16H,1H3. The Hall–Kier alpha value is -1.74. The van der Waals surface area contributed by atoms with Crippen molar-refractivity contribution >= 4 is 0 Å². The van der Waals surface area contributed by atoms with Crippen LogP contribution in [0.3, 0.4) is 0 Å². The quantitative estimate of drug-likeness (QED) is 0.890. The molecule has 1 aromatic rings. The number of aliphatic hydroxyl groups excluding tert-OH is 1. The van der Waals surface area contributed by atoms with Crippen LogP contribution in [-0.4, -0.2) is 11.5 Å². The summed E-state index contributed by atoms with van der Waals surface area (Å²) in [4.78, 5) is 0. The lowest BCUT2D eigenvalue weighted by atomic mass is 9.99. The van der Waals surface area contributed by atoms with Gasteiger partial charge in [-0.2, -0.15) is 5.26 Å².